The number of rotatable bonds is 1. The number of hydrogen-bond donors (Lipinski definition) is 0. The molecule has 2 aromatic rings. The second-order valence-corrected chi connectivity index (χ2v) is 3.68. The van der Waals surface area contributed by atoms with E-state index in [4.69, 9.17) is 0 Å². The van der Waals surface area contributed by atoms with Gasteiger partial charge in [-0.2, -0.15) is 0 Å². The molecule has 0 aromatic heterocycles. The number of nitro benzene ring substituents is 1. The van der Waals surface area contributed by atoms with Gasteiger partial charge in [0.15, 0.2) is 0 Å². The molecular formula is C14H15NNaO2. The standard InChI is InChI=1S/C8H10.C6H5NO2.Na/c1-7-5-3-4-6-8(7)2;8-7(9)6-4-2-1-3-5-6;/h3-6H,1-2H3;1-5H;. The fraction of sp³-hybridized carbons (Fsp3) is 0.143. The summed E-state index contributed by atoms with van der Waals surface area (Å²) in [4.78, 5) is 9.59. The van der Waals surface area contributed by atoms with Crippen LogP contribution in [0.3, 0.4) is 0 Å². The van der Waals surface area contributed by atoms with Gasteiger partial charge in [0.2, 0.25) is 0 Å². The van der Waals surface area contributed by atoms with Crippen LogP contribution in [0.2, 0.25) is 0 Å². The summed E-state index contributed by atoms with van der Waals surface area (Å²) in [5, 5.41) is 10.0. The predicted molar refractivity (Wildman–Crippen MR) is 74.8 cm³/mol. The summed E-state index contributed by atoms with van der Waals surface area (Å²) < 4.78 is 0. The van der Waals surface area contributed by atoms with Crippen molar-refractivity contribution in [1.29, 1.82) is 0 Å². The van der Waals surface area contributed by atoms with Gasteiger partial charge in [-0.15, -0.1) is 0 Å². The molecule has 0 saturated heterocycles. The average molecular weight is 252 g/mol. The van der Waals surface area contributed by atoms with E-state index in [-0.39, 0.29) is 35.2 Å². The Morgan fingerprint density at radius 1 is 0.833 bits per heavy atom. The van der Waals surface area contributed by atoms with Crippen LogP contribution in [-0.2, 0) is 0 Å². The molecule has 1 radical (unpaired) electrons. The maximum absolute atomic E-state index is 10.0. The van der Waals surface area contributed by atoms with E-state index in [1.807, 2.05) is 0 Å². The van der Waals surface area contributed by atoms with Crippen LogP contribution in [0, 0.1) is 24.0 Å². The Labute approximate surface area is 129 Å². The van der Waals surface area contributed by atoms with E-state index in [2.05, 4.69) is 38.1 Å². The Kier molecular flexibility index (Phi) is 8.29. The van der Waals surface area contributed by atoms with E-state index in [0.717, 1.165) is 0 Å². The van der Waals surface area contributed by atoms with Gasteiger partial charge in [0.25, 0.3) is 5.69 Å². The van der Waals surface area contributed by atoms with Crippen molar-refractivity contribution in [2.24, 2.45) is 0 Å². The van der Waals surface area contributed by atoms with E-state index in [1.165, 1.54) is 23.3 Å². The largest absolute Gasteiger partial charge is 0.269 e. The number of nitro groups is 1. The Balaban J connectivity index is 0.000000306. The fourth-order valence-electron chi connectivity index (χ4n) is 1.21. The zero-order valence-electron chi connectivity index (χ0n) is 11.0. The zero-order chi connectivity index (χ0) is 12.7. The molecule has 0 spiro atoms. The van der Waals surface area contributed by atoms with Crippen LogP contribution in [0.5, 0.6) is 0 Å². The minimum Gasteiger partial charge on any atom is -0.258 e. The number of benzene rings is 2. The molecule has 0 N–H and O–H groups in total. The molecule has 2 aromatic carbocycles. The van der Waals surface area contributed by atoms with Gasteiger partial charge in [0, 0.05) is 41.7 Å². The fourth-order valence-corrected chi connectivity index (χ4v) is 1.21. The molecule has 0 atom stereocenters. The Bertz CT molecular complexity index is 465. The topological polar surface area (TPSA) is 43.1 Å². The summed E-state index contributed by atoms with van der Waals surface area (Å²) >= 11 is 0. The minimum absolute atomic E-state index is 0. The molecule has 0 aliphatic carbocycles. The summed E-state index contributed by atoms with van der Waals surface area (Å²) in [7, 11) is 0. The predicted octanol–water partition coefficient (Wildman–Crippen LogP) is 3.52. The number of nitrogens with zero attached hydrogens (tertiary/aromatic N) is 1. The third kappa shape index (κ3) is 5.96. The van der Waals surface area contributed by atoms with Gasteiger partial charge in [-0.3, -0.25) is 10.1 Å². The third-order valence-electron chi connectivity index (χ3n) is 2.39. The van der Waals surface area contributed by atoms with Crippen LogP contribution in [0.1, 0.15) is 11.1 Å². The summed E-state index contributed by atoms with van der Waals surface area (Å²) in [6.07, 6.45) is 0. The zero-order valence-corrected chi connectivity index (χ0v) is 13.0. The van der Waals surface area contributed by atoms with Crippen LogP contribution in [0.25, 0.3) is 0 Å². The van der Waals surface area contributed by atoms with Crippen molar-refractivity contribution >= 4 is 35.2 Å². The number of hydrogen-bond acceptors (Lipinski definition) is 2. The first-order valence-electron chi connectivity index (χ1n) is 5.33. The van der Waals surface area contributed by atoms with Crippen LogP contribution in [0.15, 0.2) is 54.6 Å². The minimum atomic E-state index is -0.417. The summed E-state index contributed by atoms with van der Waals surface area (Å²) in [5.74, 6) is 0. The molecule has 0 amide bonds. The summed E-state index contributed by atoms with van der Waals surface area (Å²) in [5.41, 5.74) is 2.87. The molecule has 0 heterocycles. The Morgan fingerprint density at radius 3 is 1.50 bits per heavy atom. The summed E-state index contributed by atoms with van der Waals surface area (Å²) in [6.45, 7) is 4.24. The van der Waals surface area contributed by atoms with E-state index >= 15 is 0 Å². The maximum atomic E-state index is 10.0. The molecule has 0 aliphatic heterocycles. The van der Waals surface area contributed by atoms with Crippen LogP contribution >= 0.6 is 0 Å². The SMILES string of the molecule is Cc1ccccc1C.O=[N+]([O-])c1ccccc1.[Na]. The molecule has 0 saturated carbocycles. The van der Waals surface area contributed by atoms with Gasteiger partial charge in [-0.25, -0.2) is 0 Å². The first-order chi connectivity index (χ1) is 8.11. The first-order valence-corrected chi connectivity index (χ1v) is 5.33. The van der Waals surface area contributed by atoms with Gasteiger partial charge in [0.05, 0.1) is 4.92 Å². The number of para-hydroxylation sites is 1. The monoisotopic (exact) mass is 252 g/mol. The molecule has 0 aliphatic rings. The molecule has 0 bridgehead atoms. The average Bonchev–Trinajstić information content (AvgIpc) is 2.35. The van der Waals surface area contributed by atoms with E-state index in [9.17, 15) is 10.1 Å². The summed E-state index contributed by atoms with van der Waals surface area (Å²) in [6, 6.07) is 16.3. The maximum Gasteiger partial charge on any atom is 0.269 e. The molecule has 0 unspecified atom stereocenters. The second-order valence-electron chi connectivity index (χ2n) is 3.68. The normalized spacial score (nSPS) is 8.56. The quantitative estimate of drug-likeness (QED) is 0.443. The van der Waals surface area contributed by atoms with Gasteiger partial charge < -0.3 is 0 Å². The molecular weight excluding hydrogens is 237 g/mol. The van der Waals surface area contributed by atoms with Crippen molar-refractivity contribution in [2.45, 2.75) is 13.8 Å². The first kappa shape index (κ1) is 16.8. The van der Waals surface area contributed by atoms with Crippen LogP contribution < -0.4 is 0 Å². The van der Waals surface area contributed by atoms with Gasteiger partial charge >= 0.3 is 0 Å². The molecule has 18 heavy (non-hydrogen) atoms. The van der Waals surface area contributed by atoms with Gasteiger partial charge in [-0.05, 0) is 25.0 Å². The van der Waals surface area contributed by atoms with E-state index in [0.29, 0.717) is 0 Å². The molecule has 4 heteroatoms. The van der Waals surface area contributed by atoms with Crippen molar-refractivity contribution < 1.29 is 4.92 Å². The van der Waals surface area contributed by atoms with Crippen molar-refractivity contribution in [3.63, 3.8) is 0 Å². The molecule has 0 fully saturated rings. The molecule has 3 nitrogen and oxygen atoms in total. The van der Waals surface area contributed by atoms with Crippen molar-refractivity contribution in [2.75, 3.05) is 0 Å². The van der Waals surface area contributed by atoms with E-state index in [1.54, 1.807) is 18.2 Å². The molecule has 89 valence electrons. The number of aryl methyl sites for hydroxylation is 2. The van der Waals surface area contributed by atoms with Crippen molar-refractivity contribution in [1.82, 2.24) is 0 Å². The Morgan fingerprint density at radius 2 is 1.22 bits per heavy atom. The van der Waals surface area contributed by atoms with Crippen molar-refractivity contribution in [3.05, 3.63) is 75.8 Å². The Hall–Kier alpha value is -1.16. The smallest absolute Gasteiger partial charge is 0.258 e. The third-order valence-corrected chi connectivity index (χ3v) is 2.39. The molecule has 2 rings (SSSR count). The van der Waals surface area contributed by atoms with Gasteiger partial charge in [0.1, 0.15) is 0 Å². The van der Waals surface area contributed by atoms with Crippen molar-refractivity contribution in [3.8, 4) is 0 Å². The van der Waals surface area contributed by atoms with E-state index < -0.39 is 4.92 Å². The van der Waals surface area contributed by atoms with Crippen LogP contribution in [0.4, 0.5) is 5.69 Å². The van der Waals surface area contributed by atoms with Crippen LogP contribution in [-0.4, -0.2) is 34.5 Å². The second kappa shape index (κ2) is 8.86. The van der Waals surface area contributed by atoms with Gasteiger partial charge in [-0.1, -0.05) is 42.5 Å². The number of non-ortho nitro benzene ring substituents is 1.